The van der Waals surface area contributed by atoms with E-state index in [4.69, 9.17) is 14.5 Å². The molecule has 2 aromatic carbocycles. The highest BCUT2D eigenvalue weighted by Gasteiger charge is 2.23. The molecule has 1 saturated carbocycles. The van der Waals surface area contributed by atoms with Gasteiger partial charge in [-0.2, -0.15) is 0 Å². The number of benzene rings is 2. The Morgan fingerprint density at radius 1 is 1.03 bits per heavy atom. The molecule has 2 aliphatic rings. The SMILES string of the molecule is CN(C(=Nc1ccccc1)SCC(=O)c1ccc2c(c1)OCCO2)C1CCCCC1. The highest BCUT2D eigenvalue weighted by atomic mass is 32.2. The smallest absolute Gasteiger partial charge is 0.173 e. The van der Waals surface area contributed by atoms with Crippen LogP contribution in [-0.4, -0.2) is 47.9 Å². The molecule has 1 fully saturated rings. The number of nitrogens with zero attached hydrogens (tertiary/aromatic N) is 2. The van der Waals surface area contributed by atoms with Crippen LogP contribution in [-0.2, 0) is 0 Å². The lowest BCUT2D eigenvalue weighted by molar-refractivity contribution is 0.102. The van der Waals surface area contributed by atoms with Crippen molar-refractivity contribution in [1.82, 2.24) is 4.90 Å². The van der Waals surface area contributed by atoms with Gasteiger partial charge in [0, 0.05) is 18.7 Å². The Kier molecular flexibility index (Phi) is 6.95. The second-order valence-electron chi connectivity index (χ2n) is 7.70. The highest BCUT2D eigenvalue weighted by Crippen LogP contribution is 2.31. The number of ketones is 1. The first-order valence-corrected chi connectivity index (χ1v) is 11.6. The van der Waals surface area contributed by atoms with Gasteiger partial charge in [0.25, 0.3) is 0 Å². The molecule has 0 spiro atoms. The van der Waals surface area contributed by atoms with Crippen molar-refractivity contribution in [3.8, 4) is 11.5 Å². The van der Waals surface area contributed by atoms with E-state index in [-0.39, 0.29) is 5.78 Å². The Bertz CT molecular complexity index is 895. The molecule has 0 unspecified atom stereocenters. The van der Waals surface area contributed by atoms with Crippen LogP contribution in [0.15, 0.2) is 53.5 Å². The molecule has 0 N–H and O–H groups in total. The summed E-state index contributed by atoms with van der Waals surface area (Å²) in [7, 11) is 2.11. The van der Waals surface area contributed by atoms with Crippen molar-refractivity contribution in [2.24, 2.45) is 4.99 Å². The number of rotatable bonds is 5. The number of Topliss-reactive ketones (excluding diaryl/α,β-unsaturated/α-hetero) is 1. The lowest BCUT2D eigenvalue weighted by Gasteiger charge is -2.33. The van der Waals surface area contributed by atoms with Crippen LogP contribution in [0.25, 0.3) is 0 Å². The van der Waals surface area contributed by atoms with Crippen molar-refractivity contribution in [1.29, 1.82) is 0 Å². The monoisotopic (exact) mass is 424 g/mol. The van der Waals surface area contributed by atoms with Crippen LogP contribution in [0.4, 0.5) is 5.69 Å². The lowest BCUT2D eigenvalue weighted by atomic mass is 9.95. The fourth-order valence-corrected chi connectivity index (χ4v) is 4.83. The first kappa shape index (κ1) is 20.8. The van der Waals surface area contributed by atoms with E-state index in [1.807, 2.05) is 42.5 Å². The molecule has 0 saturated heterocycles. The van der Waals surface area contributed by atoms with E-state index in [9.17, 15) is 4.79 Å². The fourth-order valence-electron chi connectivity index (χ4n) is 3.88. The minimum atomic E-state index is 0.0646. The van der Waals surface area contributed by atoms with Crippen LogP contribution in [0.1, 0.15) is 42.5 Å². The van der Waals surface area contributed by atoms with Crippen LogP contribution in [0.2, 0.25) is 0 Å². The number of thioether (sulfide) groups is 1. The van der Waals surface area contributed by atoms with Crippen LogP contribution in [0.5, 0.6) is 11.5 Å². The van der Waals surface area contributed by atoms with Gasteiger partial charge in [-0.1, -0.05) is 49.2 Å². The van der Waals surface area contributed by atoms with Gasteiger partial charge in [-0.3, -0.25) is 4.79 Å². The highest BCUT2D eigenvalue weighted by molar-refractivity contribution is 8.14. The Balaban J connectivity index is 1.48. The van der Waals surface area contributed by atoms with Gasteiger partial charge in [-0.05, 0) is 43.2 Å². The average molecular weight is 425 g/mol. The van der Waals surface area contributed by atoms with Crippen molar-refractivity contribution in [2.45, 2.75) is 38.1 Å². The van der Waals surface area contributed by atoms with Gasteiger partial charge in [0.1, 0.15) is 13.2 Å². The molecule has 1 heterocycles. The zero-order chi connectivity index (χ0) is 20.8. The predicted molar refractivity (Wildman–Crippen MR) is 122 cm³/mol. The normalized spacial score (nSPS) is 16.9. The Morgan fingerprint density at radius 3 is 2.53 bits per heavy atom. The fraction of sp³-hybridized carbons (Fsp3) is 0.417. The lowest BCUT2D eigenvalue weighted by Crippen LogP contribution is -2.37. The molecule has 0 bridgehead atoms. The number of carbonyl (C=O) groups is 1. The van der Waals surface area contributed by atoms with Crippen LogP contribution in [0, 0.1) is 0 Å². The quantitative estimate of drug-likeness (QED) is 0.369. The maximum absolute atomic E-state index is 12.9. The summed E-state index contributed by atoms with van der Waals surface area (Å²) in [5.74, 6) is 1.75. The molecule has 1 aliphatic carbocycles. The largest absolute Gasteiger partial charge is 0.486 e. The van der Waals surface area contributed by atoms with Crippen LogP contribution >= 0.6 is 11.8 Å². The summed E-state index contributed by atoms with van der Waals surface area (Å²) in [6.45, 7) is 1.06. The van der Waals surface area contributed by atoms with E-state index in [0.717, 1.165) is 10.9 Å². The minimum Gasteiger partial charge on any atom is -0.486 e. The molecule has 2 aromatic rings. The van der Waals surface area contributed by atoms with Gasteiger partial charge in [0.15, 0.2) is 22.4 Å². The molecule has 6 heteroatoms. The zero-order valence-corrected chi connectivity index (χ0v) is 18.2. The molecule has 0 amide bonds. The Morgan fingerprint density at radius 2 is 1.77 bits per heavy atom. The van der Waals surface area contributed by atoms with E-state index in [0.29, 0.717) is 42.1 Å². The summed E-state index contributed by atoms with van der Waals surface area (Å²) in [4.78, 5) is 20.0. The standard InChI is InChI=1S/C24H28N2O3S/c1-26(20-10-6-3-7-11-20)24(25-19-8-4-2-5-9-19)30-17-21(27)18-12-13-22-23(16-18)29-15-14-28-22/h2,4-5,8-9,12-13,16,20H,3,6-7,10-11,14-15,17H2,1H3. The molecule has 158 valence electrons. The van der Waals surface area contributed by atoms with Crippen molar-refractivity contribution in [2.75, 3.05) is 26.0 Å². The van der Waals surface area contributed by atoms with Crippen molar-refractivity contribution in [3.63, 3.8) is 0 Å². The van der Waals surface area contributed by atoms with Gasteiger partial charge >= 0.3 is 0 Å². The van der Waals surface area contributed by atoms with Gasteiger partial charge in [-0.15, -0.1) is 0 Å². The third-order valence-corrected chi connectivity index (χ3v) is 6.65. The van der Waals surface area contributed by atoms with E-state index in [1.54, 1.807) is 6.07 Å². The average Bonchev–Trinajstić information content (AvgIpc) is 2.82. The van der Waals surface area contributed by atoms with E-state index >= 15 is 0 Å². The van der Waals surface area contributed by atoms with Crippen molar-refractivity contribution in [3.05, 3.63) is 54.1 Å². The van der Waals surface area contributed by atoms with E-state index < -0.39 is 0 Å². The van der Waals surface area contributed by atoms with Crippen molar-refractivity contribution >= 4 is 28.4 Å². The van der Waals surface area contributed by atoms with Crippen molar-refractivity contribution < 1.29 is 14.3 Å². The molecule has 0 aromatic heterocycles. The number of fused-ring (bicyclic) bond motifs is 1. The second-order valence-corrected chi connectivity index (χ2v) is 8.65. The van der Waals surface area contributed by atoms with Gasteiger partial charge in [-0.25, -0.2) is 4.99 Å². The van der Waals surface area contributed by atoms with E-state index in [2.05, 4.69) is 11.9 Å². The molecule has 30 heavy (non-hydrogen) atoms. The molecule has 0 atom stereocenters. The molecule has 4 rings (SSSR count). The summed E-state index contributed by atoms with van der Waals surface area (Å²) < 4.78 is 11.2. The number of amidine groups is 1. The second kappa shape index (κ2) is 10.0. The summed E-state index contributed by atoms with van der Waals surface area (Å²) >= 11 is 1.51. The maximum atomic E-state index is 12.9. The van der Waals surface area contributed by atoms with Crippen LogP contribution in [0.3, 0.4) is 0 Å². The van der Waals surface area contributed by atoms with Crippen LogP contribution < -0.4 is 9.47 Å². The molecular weight excluding hydrogens is 396 g/mol. The Hall–Kier alpha value is -2.47. The molecule has 5 nitrogen and oxygen atoms in total. The van der Waals surface area contributed by atoms with Gasteiger partial charge in [0.05, 0.1) is 11.4 Å². The predicted octanol–water partition coefficient (Wildman–Crippen LogP) is 5.33. The summed E-state index contributed by atoms with van der Waals surface area (Å²) in [5, 5.41) is 0.902. The van der Waals surface area contributed by atoms with E-state index in [1.165, 1.54) is 43.9 Å². The number of para-hydroxylation sites is 1. The third-order valence-electron chi connectivity index (χ3n) is 5.60. The number of aliphatic imine (C=N–C) groups is 1. The molecule has 0 radical (unpaired) electrons. The number of ether oxygens (including phenoxy) is 2. The first-order chi connectivity index (χ1) is 14.7. The number of carbonyl (C=O) groups excluding carboxylic acids is 1. The summed E-state index contributed by atoms with van der Waals surface area (Å²) in [5.41, 5.74) is 1.56. The zero-order valence-electron chi connectivity index (χ0n) is 17.4. The molecule has 1 aliphatic heterocycles. The summed E-state index contributed by atoms with van der Waals surface area (Å²) in [6, 6.07) is 15.9. The third kappa shape index (κ3) is 5.17. The molecular formula is C24H28N2O3S. The number of hydrogen-bond acceptors (Lipinski definition) is 5. The first-order valence-electron chi connectivity index (χ1n) is 10.6. The Labute approximate surface area is 182 Å². The number of hydrogen-bond donors (Lipinski definition) is 0. The summed E-state index contributed by atoms with van der Waals surface area (Å²) in [6.07, 6.45) is 6.19. The topological polar surface area (TPSA) is 51.1 Å². The maximum Gasteiger partial charge on any atom is 0.173 e. The van der Waals surface area contributed by atoms with Gasteiger partial charge in [0.2, 0.25) is 0 Å². The van der Waals surface area contributed by atoms with Gasteiger partial charge < -0.3 is 14.4 Å². The minimum absolute atomic E-state index is 0.0646.